The number of aliphatic hydroxyl groups is 1. The van der Waals surface area contributed by atoms with Crippen LogP contribution in [0.3, 0.4) is 0 Å². The number of thioether (sulfide) groups is 1. The van der Waals surface area contributed by atoms with E-state index < -0.39 is 22.8 Å². The van der Waals surface area contributed by atoms with Crippen LogP contribution in [0.25, 0.3) is 0 Å². The van der Waals surface area contributed by atoms with E-state index in [1.54, 1.807) is 6.07 Å². The van der Waals surface area contributed by atoms with E-state index in [0.717, 1.165) is 12.4 Å². The second kappa shape index (κ2) is 7.66. The van der Waals surface area contributed by atoms with E-state index in [1.807, 2.05) is 4.90 Å². The van der Waals surface area contributed by atoms with Crippen molar-refractivity contribution in [3.8, 4) is 0 Å². The third-order valence-electron chi connectivity index (χ3n) is 5.05. The first kappa shape index (κ1) is 21.7. The van der Waals surface area contributed by atoms with Crippen molar-refractivity contribution in [1.29, 1.82) is 0 Å². The Labute approximate surface area is 177 Å². The summed E-state index contributed by atoms with van der Waals surface area (Å²) in [5.41, 5.74) is 4.36. The van der Waals surface area contributed by atoms with E-state index in [-0.39, 0.29) is 24.0 Å². The number of hydrogen-bond acceptors (Lipinski definition) is 8. The molecule has 4 heterocycles. The van der Waals surface area contributed by atoms with Gasteiger partial charge in [0.2, 0.25) is 5.95 Å². The van der Waals surface area contributed by atoms with Crippen LogP contribution in [0.15, 0.2) is 29.5 Å². The highest BCUT2D eigenvalue weighted by Gasteiger charge is 2.52. The molecule has 11 heteroatoms. The second-order valence-corrected chi connectivity index (χ2v) is 8.59. The minimum absolute atomic E-state index is 0. The molecule has 0 spiro atoms. The van der Waals surface area contributed by atoms with Crippen LogP contribution < -0.4 is 10.6 Å². The van der Waals surface area contributed by atoms with Gasteiger partial charge < -0.3 is 15.7 Å². The van der Waals surface area contributed by atoms with Crippen molar-refractivity contribution < 1.29 is 13.9 Å². The lowest BCUT2D eigenvalue weighted by molar-refractivity contribution is 0.0693. The van der Waals surface area contributed by atoms with E-state index in [1.165, 1.54) is 31.7 Å². The van der Waals surface area contributed by atoms with Crippen LogP contribution in [0.2, 0.25) is 0 Å². The Kier molecular flexibility index (Phi) is 5.72. The number of aromatic nitrogens is 3. The number of amidine groups is 1. The van der Waals surface area contributed by atoms with Gasteiger partial charge in [0.15, 0.2) is 11.0 Å². The molecule has 2 aliphatic heterocycles. The third-order valence-corrected chi connectivity index (χ3v) is 6.01. The summed E-state index contributed by atoms with van der Waals surface area (Å²) >= 11 is 1.46. The lowest BCUT2D eigenvalue weighted by Gasteiger charge is -2.33. The van der Waals surface area contributed by atoms with Crippen molar-refractivity contribution in [2.75, 3.05) is 23.7 Å². The molecule has 3 N–H and O–H groups in total. The number of fused-ring (bicyclic) bond motifs is 1. The molecule has 1 fully saturated rings. The molecule has 29 heavy (non-hydrogen) atoms. The normalized spacial score (nSPS) is 24.0. The molecule has 4 rings (SSSR count). The molecule has 2 atom stereocenters. The van der Waals surface area contributed by atoms with Gasteiger partial charge in [0.25, 0.3) is 0 Å². The fraction of sp³-hybridized carbons (Fsp3) is 0.444. The molecule has 0 bridgehead atoms. The standard InChI is InChI=1S/C18H20F2N6OS.ClH/c1-17(2,27)14-12(20)6-23-16(24-14)26-7-10-8-28-15(21)25-18(10,9-26)13-4-3-11(19)5-22-13;/h3-6,10,27H,7-9H2,1-2H3,(H2,21,25);1H/t10-,18?;/m0./s1. The lowest BCUT2D eigenvalue weighted by Crippen LogP contribution is -2.40. The maximum atomic E-state index is 14.1. The monoisotopic (exact) mass is 442 g/mol. The molecule has 156 valence electrons. The maximum absolute atomic E-state index is 14.1. The Bertz CT molecular complexity index is 939. The van der Waals surface area contributed by atoms with Crippen molar-refractivity contribution in [3.05, 3.63) is 47.5 Å². The van der Waals surface area contributed by atoms with E-state index in [0.29, 0.717) is 35.7 Å². The van der Waals surface area contributed by atoms with E-state index in [2.05, 4.69) is 15.0 Å². The van der Waals surface area contributed by atoms with Crippen LogP contribution in [-0.2, 0) is 11.1 Å². The zero-order valence-corrected chi connectivity index (χ0v) is 17.5. The van der Waals surface area contributed by atoms with Crippen LogP contribution in [0.5, 0.6) is 0 Å². The first-order chi connectivity index (χ1) is 13.2. The van der Waals surface area contributed by atoms with Gasteiger partial charge in [-0.2, -0.15) is 0 Å². The third kappa shape index (κ3) is 3.88. The average molecular weight is 443 g/mol. The van der Waals surface area contributed by atoms with Gasteiger partial charge in [0.1, 0.15) is 22.7 Å². The number of rotatable bonds is 3. The number of anilines is 1. The van der Waals surface area contributed by atoms with Crippen LogP contribution >= 0.6 is 24.2 Å². The summed E-state index contributed by atoms with van der Waals surface area (Å²) < 4.78 is 27.5. The summed E-state index contributed by atoms with van der Waals surface area (Å²) in [5, 5.41) is 10.6. The maximum Gasteiger partial charge on any atom is 0.225 e. The molecular formula is C18H21ClF2N6OS. The molecule has 0 saturated carbocycles. The Balaban J connectivity index is 0.00000240. The van der Waals surface area contributed by atoms with Crippen molar-refractivity contribution in [2.24, 2.45) is 16.6 Å². The number of aliphatic imine (C=N–C) groups is 1. The van der Waals surface area contributed by atoms with Gasteiger partial charge in [0.05, 0.1) is 24.6 Å². The topological polar surface area (TPSA) is 101 Å². The largest absolute Gasteiger partial charge is 0.384 e. The van der Waals surface area contributed by atoms with E-state index in [4.69, 9.17) is 10.7 Å². The van der Waals surface area contributed by atoms with Gasteiger partial charge in [-0.3, -0.25) is 4.98 Å². The predicted molar refractivity (Wildman–Crippen MR) is 110 cm³/mol. The van der Waals surface area contributed by atoms with Crippen LogP contribution in [-0.4, -0.2) is 44.1 Å². The highest BCUT2D eigenvalue weighted by molar-refractivity contribution is 8.13. The Morgan fingerprint density at radius 1 is 1.28 bits per heavy atom. The van der Waals surface area contributed by atoms with E-state index >= 15 is 0 Å². The SMILES string of the molecule is CC(C)(O)c1nc(N2C[C@H]3CSC(N)=NC3(c3ccc(F)cn3)C2)ncc1F.Cl. The molecular weight excluding hydrogens is 422 g/mol. The van der Waals surface area contributed by atoms with Crippen LogP contribution in [0, 0.1) is 17.6 Å². The molecule has 1 unspecified atom stereocenters. The molecule has 1 saturated heterocycles. The fourth-order valence-electron chi connectivity index (χ4n) is 3.70. The summed E-state index contributed by atoms with van der Waals surface area (Å²) in [6.07, 6.45) is 2.23. The van der Waals surface area contributed by atoms with Gasteiger partial charge >= 0.3 is 0 Å². The van der Waals surface area contributed by atoms with Crippen molar-refractivity contribution in [1.82, 2.24) is 15.0 Å². The van der Waals surface area contributed by atoms with Gasteiger partial charge in [-0.25, -0.2) is 23.7 Å². The quantitative estimate of drug-likeness (QED) is 0.751. The molecule has 0 aromatic carbocycles. The zero-order chi connectivity index (χ0) is 20.1. The van der Waals surface area contributed by atoms with Gasteiger partial charge in [-0.1, -0.05) is 11.8 Å². The summed E-state index contributed by atoms with van der Waals surface area (Å²) in [5.74, 6) is -0.0362. The molecule has 7 nitrogen and oxygen atoms in total. The van der Waals surface area contributed by atoms with Crippen molar-refractivity contribution in [3.63, 3.8) is 0 Å². The zero-order valence-electron chi connectivity index (χ0n) is 15.8. The van der Waals surface area contributed by atoms with E-state index in [9.17, 15) is 13.9 Å². The second-order valence-electron chi connectivity index (χ2n) is 7.55. The van der Waals surface area contributed by atoms with Crippen LogP contribution in [0.4, 0.5) is 14.7 Å². The lowest BCUT2D eigenvalue weighted by atomic mass is 9.85. The number of halogens is 3. The first-order valence-electron chi connectivity index (χ1n) is 8.79. The predicted octanol–water partition coefficient (Wildman–Crippen LogP) is 2.19. The Morgan fingerprint density at radius 3 is 2.69 bits per heavy atom. The van der Waals surface area contributed by atoms with Gasteiger partial charge in [-0.05, 0) is 26.0 Å². The average Bonchev–Trinajstić information content (AvgIpc) is 3.01. The van der Waals surface area contributed by atoms with Gasteiger partial charge in [-0.15, -0.1) is 12.4 Å². The molecule has 2 aromatic rings. The summed E-state index contributed by atoms with van der Waals surface area (Å²) in [6, 6.07) is 2.97. The Morgan fingerprint density at radius 2 is 2.03 bits per heavy atom. The molecule has 0 aliphatic carbocycles. The first-order valence-corrected chi connectivity index (χ1v) is 9.78. The fourth-order valence-corrected chi connectivity index (χ4v) is 4.69. The minimum atomic E-state index is -1.44. The number of pyridine rings is 1. The minimum Gasteiger partial charge on any atom is -0.384 e. The molecule has 2 aliphatic rings. The van der Waals surface area contributed by atoms with Crippen LogP contribution in [0.1, 0.15) is 25.2 Å². The summed E-state index contributed by atoms with van der Waals surface area (Å²) in [4.78, 5) is 19.2. The molecule has 0 radical (unpaired) electrons. The van der Waals surface area contributed by atoms with Crippen molar-refractivity contribution >= 4 is 35.3 Å². The number of nitrogens with two attached hydrogens (primary N) is 1. The number of nitrogens with zero attached hydrogens (tertiary/aromatic N) is 5. The summed E-state index contributed by atoms with van der Waals surface area (Å²) in [7, 11) is 0. The van der Waals surface area contributed by atoms with Crippen molar-refractivity contribution in [2.45, 2.75) is 25.0 Å². The Hall–Kier alpha value is -2.04. The molecule has 0 amide bonds. The highest BCUT2D eigenvalue weighted by Crippen LogP contribution is 2.45. The van der Waals surface area contributed by atoms with Gasteiger partial charge in [0, 0.05) is 18.2 Å². The molecule has 2 aromatic heterocycles. The number of hydrogen-bond donors (Lipinski definition) is 2. The summed E-state index contributed by atoms with van der Waals surface area (Å²) in [6.45, 7) is 3.86. The highest BCUT2D eigenvalue weighted by atomic mass is 35.5. The smallest absolute Gasteiger partial charge is 0.225 e.